The first-order valence-corrected chi connectivity index (χ1v) is 7.64. The maximum atomic E-state index is 5.04. The zero-order chi connectivity index (χ0) is 13.5. The molecular weight excluding hydrogens is 306 g/mol. The second-order valence-corrected chi connectivity index (χ2v) is 5.81. The highest BCUT2D eigenvalue weighted by molar-refractivity contribution is 9.10. The van der Waals surface area contributed by atoms with E-state index in [1.807, 2.05) is 12.4 Å². The number of piperidine rings is 1. The van der Waals surface area contributed by atoms with E-state index in [1.165, 1.54) is 18.5 Å². The van der Waals surface area contributed by atoms with Crippen molar-refractivity contribution in [2.45, 2.75) is 12.8 Å². The largest absolute Gasteiger partial charge is 0.383 e. The quantitative estimate of drug-likeness (QED) is 0.813. The van der Waals surface area contributed by atoms with E-state index in [4.69, 9.17) is 4.74 Å². The van der Waals surface area contributed by atoms with Crippen LogP contribution in [-0.4, -0.2) is 44.9 Å². The molecule has 0 atom stereocenters. The average molecular weight is 328 g/mol. The van der Waals surface area contributed by atoms with Crippen LogP contribution in [0.5, 0.6) is 0 Å². The normalized spacial score (nSPS) is 16.8. The van der Waals surface area contributed by atoms with Gasteiger partial charge in [0.2, 0.25) is 0 Å². The summed E-state index contributed by atoms with van der Waals surface area (Å²) < 4.78 is 6.13. The van der Waals surface area contributed by atoms with Gasteiger partial charge < -0.3 is 15.0 Å². The van der Waals surface area contributed by atoms with Crippen molar-refractivity contribution in [3.8, 4) is 0 Å². The number of ether oxygens (including phenoxy) is 1. The smallest absolute Gasteiger partial charge is 0.0592 e. The molecule has 1 N–H and O–H groups in total. The summed E-state index contributed by atoms with van der Waals surface area (Å²) in [7, 11) is 1.74. The highest BCUT2D eigenvalue weighted by Gasteiger charge is 2.20. The predicted molar refractivity (Wildman–Crippen MR) is 81.6 cm³/mol. The Kier molecular flexibility index (Phi) is 6.07. The Morgan fingerprint density at radius 3 is 2.95 bits per heavy atom. The lowest BCUT2D eigenvalue weighted by molar-refractivity contribution is 0.197. The zero-order valence-corrected chi connectivity index (χ0v) is 13.0. The van der Waals surface area contributed by atoms with Crippen molar-refractivity contribution in [3.05, 3.63) is 22.9 Å². The molecule has 106 valence electrons. The minimum atomic E-state index is 0.786. The Balaban J connectivity index is 1.75. The van der Waals surface area contributed by atoms with E-state index in [9.17, 15) is 0 Å². The van der Waals surface area contributed by atoms with E-state index in [-0.39, 0.29) is 0 Å². The fraction of sp³-hybridized carbons (Fsp3) is 0.643. The number of hydrogen-bond acceptors (Lipinski definition) is 4. The van der Waals surface area contributed by atoms with Crippen molar-refractivity contribution in [1.82, 2.24) is 10.3 Å². The van der Waals surface area contributed by atoms with Gasteiger partial charge in [0.15, 0.2) is 0 Å². The van der Waals surface area contributed by atoms with Crippen molar-refractivity contribution < 1.29 is 4.74 Å². The van der Waals surface area contributed by atoms with Crippen LogP contribution in [0.2, 0.25) is 0 Å². The number of halogens is 1. The number of anilines is 1. The van der Waals surface area contributed by atoms with Gasteiger partial charge in [-0.2, -0.15) is 0 Å². The summed E-state index contributed by atoms with van der Waals surface area (Å²) in [5.74, 6) is 0.786. The first-order valence-electron chi connectivity index (χ1n) is 6.85. The van der Waals surface area contributed by atoms with Gasteiger partial charge in [-0.05, 0) is 47.3 Å². The predicted octanol–water partition coefficient (Wildman–Crippen LogP) is 2.30. The Labute approximate surface area is 123 Å². The molecule has 1 aliphatic heterocycles. The SMILES string of the molecule is COCCNCC1CCN(c2ccncc2Br)CC1. The molecule has 1 fully saturated rings. The van der Waals surface area contributed by atoms with Gasteiger partial charge in [0.1, 0.15) is 0 Å². The van der Waals surface area contributed by atoms with Crippen LogP contribution in [-0.2, 0) is 4.74 Å². The van der Waals surface area contributed by atoms with Gasteiger partial charge in [-0.3, -0.25) is 4.98 Å². The molecule has 1 aromatic heterocycles. The topological polar surface area (TPSA) is 37.4 Å². The van der Waals surface area contributed by atoms with Crippen molar-refractivity contribution >= 4 is 21.6 Å². The van der Waals surface area contributed by atoms with Crippen LogP contribution < -0.4 is 10.2 Å². The summed E-state index contributed by atoms with van der Waals surface area (Å²) in [4.78, 5) is 6.56. The number of nitrogens with one attached hydrogen (secondary N) is 1. The highest BCUT2D eigenvalue weighted by atomic mass is 79.9. The van der Waals surface area contributed by atoms with Gasteiger partial charge in [-0.25, -0.2) is 0 Å². The minimum absolute atomic E-state index is 0.786. The van der Waals surface area contributed by atoms with Gasteiger partial charge in [0, 0.05) is 39.1 Å². The number of nitrogens with zero attached hydrogens (tertiary/aromatic N) is 2. The molecule has 0 bridgehead atoms. The maximum absolute atomic E-state index is 5.04. The standard InChI is InChI=1S/C14H22BrN3O/c1-19-9-6-17-10-12-3-7-18(8-4-12)14-2-5-16-11-13(14)15/h2,5,11-12,17H,3-4,6-10H2,1H3. The molecule has 19 heavy (non-hydrogen) atoms. The summed E-state index contributed by atoms with van der Waals surface area (Å²) in [6.45, 7) is 5.10. The van der Waals surface area contributed by atoms with Crippen LogP contribution in [0.25, 0.3) is 0 Å². The lowest BCUT2D eigenvalue weighted by Gasteiger charge is -2.34. The van der Waals surface area contributed by atoms with Crippen LogP contribution in [0.1, 0.15) is 12.8 Å². The van der Waals surface area contributed by atoms with E-state index < -0.39 is 0 Å². The highest BCUT2D eigenvalue weighted by Crippen LogP contribution is 2.28. The summed E-state index contributed by atoms with van der Waals surface area (Å²) in [6, 6.07) is 2.08. The molecule has 0 spiro atoms. The van der Waals surface area contributed by atoms with E-state index in [0.717, 1.165) is 43.2 Å². The first-order chi connectivity index (χ1) is 9.31. The Hall–Kier alpha value is -0.650. The molecular formula is C14H22BrN3O. The van der Waals surface area contributed by atoms with Crippen molar-refractivity contribution in [1.29, 1.82) is 0 Å². The Bertz CT molecular complexity index is 381. The van der Waals surface area contributed by atoms with Crippen molar-refractivity contribution in [2.75, 3.05) is 44.8 Å². The summed E-state index contributed by atoms with van der Waals surface area (Å²) in [5, 5.41) is 3.46. The van der Waals surface area contributed by atoms with E-state index in [1.54, 1.807) is 7.11 Å². The molecule has 0 amide bonds. The molecule has 4 nitrogen and oxygen atoms in total. The second-order valence-electron chi connectivity index (χ2n) is 4.95. The lowest BCUT2D eigenvalue weighted by Crippen LogP contribution is -2.38. The molecule has 0 aliphatic carbocycles. The molecule has 0 radical (unpaired) electrons. The van der Waals surface area contributed by atoms with Gasteiger partial charge in [-0.15, -0.1) is 0 Å². The maximum Gasteiger partial charge on any atom is 0.0592 e. The molecule has 0 unspecified atom stereocenters. The molecule has 1 saturated heterocycles. The number of methoxy groups -OCH3 is 1. The van der Waals surface area contributed by atoms with Gasteiger partial charge in [-0.1, -0.05) is 0 Å². The van der Waals surface area contributed by atoms with Crippen LogP contribution in [0, 0.1) is 5.92 Å². The number of rotatable bonds is 6. The Morgan fingerprint density at radius 1 is 1.47 bits per heavy atom. The van der Waals surface area contributed by atoms with E-state index >= 15 is 0 Å². The molecule has 5 heteroatoms. The lowest BCUT2D eigenvalue weighted by atomic mass is 9.96. The second kappa shape index (κ2) is 7.82. The fourth-order valence-electron chi connectivity index (χ4n) is 2.48. The summed E-state index contributed by atoms with van der Waals surface area (Å²) in [5.41, 5.74) is 1.26. The van der Waals surface area contributed by atoms with E-state index in [0.29, 0.717) is 0 Å². The van der Waals surface area contributed by atoms with E-state index in [2.05, 4.69) is 37.2 Å². The summed E-state index contributed by atoms with van der Waals surface area (Å²) >= 11 is 3.58. The van der Waals surface area contributed by atoms with Crippen molar-refractivity contribution in [3.63, 3.8) is 0 Å². The third kappa shape index (κ3) is 4.44. The number of pyridine rings is 1. The number of aromatic nitrogens is 1. The first kappa shape index (κ1) is 14.8. The third-order valence-electron chi connectivity index (χ3n) is 3.62. The van der Waals surface area contributed by atoms with Crippen LogP contribution in [0.15, 0.2) is 22.9 Å². The molecule has 2 heterocycles. The molecule has 0 aromatic carbocycles. The average Bonchev–Trinajstić information content (AvgIpc) is 2.45. The van der Waals surface area contributed by atoms with Crippen LogP contribution in [0.3, 0.4) is 0 Å². The van der Waals surface area contributed by atoms with Gasteiger partial charge >= 0.3 is 0 Å². The fourth-order valence-corrected chi connectivity index (χ4v) is 2.98. The number of hydrogen-bond donors (Lipinski definition) is 1. The molecule has 1 aromatic rings. The minimum Gasteiger partial charge on any atom is -0.383 e. The Morgan fingerprint density at radius 2 is 2.26 bits per heavy atom. The molecule has 2 rings (SSSR count). The third-order valence-corrected chi connectivity index (χ3v) is 4.23. The van der Waals surface area contributed by atoms with Crippen LogP contribution >= 0.6 is 15.9 Å². The van der Waals surface area contributed by atoms with Gasteiger partial charge in [0.25, 0.3) is 0 Å². The monoisotopic (exact) mass is 327 g/mol. The van der Waals surface area contributed by atoms with Crippen LogP contribution in [0.4, 0.5) is 5.69 Å². The molecule has 1 aliphatic rings. The summed E-state index contributed by atoms with van der Waals surface area (Å²) in [6.07, 6.45) is 6.22. The molecule has 0 saturated carbocycles. The zero-order valence-electron chi connectivity index (χ0n) is 11.4. The van der Waals surface area contributed by atoms with Gasteiger partial charge in [0.05, 0.1) is 16.8 Å². The van der Waals surface area contributed by atoms with Crippen molar-refractivity contribution in [2.24, 2.45) is 5.92 Å².